The van der Waals surface area contributed by atoms with Gasteiger partial charge in [-0.15, -0.1) is 0 Å². The molecular formula is C20H40O2Sn. The summed E-state index contributed by atoms with van der Waals surface area (Å²) in [6.07, 6.45) is 16.2. The number of allylic oxidation sites excluding steroid dienone is 1. The predicted octanol–water partition coefficient (Wildman–Crippen LogP) is 6.74. The van der Waals surface area contributed by atoms with E-state index in [1.165, 1.54) is 43.0 Å². The fourth-order valence-electron chi connectivity index (χ4n) is 3.18. The fraction of sp³-hybridized carbons (Fsp3) is 0.850. The molecule has 0 radical (unpaired) electrons. The molecule has 0 bridgehead atoms. The van der Waals surface area contributed by atoms with Crippen molar-refractivity contribution in [2.75, 3.05) is 6.61 Å². The van der Waals surface area contributed by atoms with Crippen LogP contribution in [0.2, 0.25) is 17.7 Å². The van der Waals surface area contributed by atoms with Crippen molar-refractivity contribution in [3.8, 4) is 0 Å². The Labute approximate surface area is 149 Å². The second-order valence-corrected chi connectivity index (χ2v) is 20.9. The number of hydrogen-bond donors (Lipinski definition) is 0. The third-order valence-electron chi connectivity index (χ3n) is 4.76. The first kappa shape index (κ1) is 23.0. The molecular weight excluding hydrogens is 391 g/mol. The summed E-state index contributed by atoms with van der Waals surface area (Å²) in [5.41, 5.74) is 0. The quantitative estimate of drug-likeness (QED) is 0.110. The number of rotatable bonds is 17. The summed E-state index contributed by atoms with van der Waals surface area (Å²) in [5, 5.41) is 0. The Hall–Kier alpha value is 0.00870. The van der Waals surface area contributed by atoms with Crippen LogP contribution in [0.1, 0.15) is 78.6 Å². The molecule has 136 valence electrons. The van der Waals surface area contributed by atoms with Gasteiger partial charge in [0.05, 0.1) is 0 Å². The van der Waals surface area contributed by atoms with Gasteiger partial charge >= 0.3 is 149 Å². The minimum absolute atomic E-state index is 0.664. The monoisotopic (exact) mass is 432 g/mol. The zero-order valence-corrected chi connectivity index (χ0v) is 18.8. The molecule has 2 nitrogen and oxygen atoms in total. The molecule has 0 aliphatic carbocycles. The Kier molecular flexibility index (Phi) is 16.9. The molecule has 0 amide bonds. The summed E-state index contributed by atoms with van der Waals surface area (Å²) in [4.78, 5) is 10.3. The summed E-state index contributed by atoms with van der Waals surface area (Å²) in [6, 6.07) is 0. The van der Waals surface area contributed by atoms with Gasteiger partial charge in [-0.1, -0.05) is 0 Å². The molecule has 0 unspecified atom stereocenters. The first-order chi connectivity index (χ1) is 11.2. The van der Waals surface area contributed by atoms with E-state index in [2.05, 4.69) is 26.8 Å². The number of aldehydes is 1. The van der Waals surface area contributed by atoms with E-state index >= 15 is 0 Å². The molecule has 3 heteroatoms. The van der Waals surface area contributed by atoms with Gasteiger partial charge < -0.3 is 0 Å². The summed E-state index contributed by atoms with van der Waals surface area (Å²) < 4.78 is 11.7. The average molecular weight is 431 g/mol. The Morgan fingerprint density at radius 1 is 0.826 bits per heavy atom. The van der Waals surface area contributed by atoms with Gasteiger partial charge in [-0.05, 0) is 0 Å². The summed E-state index contributed by atoms with van der Waals surface area (Å²) >= 11 is -1.99. The van der Waals surface area contributed by atoms with E-state index in [0.29, 0.717) is 6.42 Å². The number of hydrogen-bond acceptors (Lipinski definition) is 2. The van der Waals surface area contributed by atoms with E-state index in [9.17, 15) is 4.79 Å². The zero-order valence-electron chi connectivity index (χ0n) is 15.9. The van der Waals surface area contributed by atoms with Crippen molar-refractivity contribution < 1.29 is 9.53 Å². The molecule has 0 heterocycles. The normalized spacial score (nSPS) is 12.0. The Morgan fingerprint density at radius 2 is 1.39 bits per heavy atom. The van der Waals surface area contributed by atoms with E-state index < -0.39 is 18.4 Å². The first-order valence-corrected chi connectivity index (χ1v) is 18.0. The number of unbranched alkanes of at least 4 members (excludes halogenated alkanes) is 5. The third kappa shape index (κ3) is 13.0. The average Bonchev–Trinajstić information content (AvgIpc) is 2.58. The SMILES string of the molecule is CCC[CH2][Sn]([CH2]/C=C\OCCCCC=O)([CH2]CCC)[CH2]CCC. The molecule has 0 saturated carbocycles. The molecule has 0 fully saturated rings. The van der Waals surface area contributed by atoms with Gasteiger partial charge in [-0.3, -0.25) is 0 Å². The molecule has 23 heavy (non-hydrogen) atoms. The first-order valence-electron chi connectivity index (χ1n) is 9.95. The van der Waals surface area contributed by atoms with Crippen molar-refractivity contribution in [3.05, 3.63) is 12.3 Å². The number of carbonyl (C=O) groups excluding carboxylic acids is 1. The Balaban J connectivity index is 4.36. The van der Waals surface area contributed by atoms with Crippen LogP contribution in [0, 0.1) is 0 Å². The maximum atomic E-state index is 10.3. The van der Waals surface area contributed by atoms with E-state index in [0.717, 1.165) is 25.7 Å². The molecule has 0 aliphatic heterocycles. The van der Waals surface area contributed by atoms with Crippen molar-refractivity contribution in [2.45, 2.75) is 96.3 Å². The van der Waals surface area contributed by atoms with Crippen LogP contribution in [-0.2, 0) is 9.53 Å². The van der Waals surface area contributed by atoms with Gasteiger partial charge in [0.25, 0.3) is 0 Å². The maximum absolute atomic E-state index is 10.3. The third-order valence-corrected chi connectivity index (χ3v) is 20.0. The second-order valence-electron chi connectivity index (χ2n) is 6.92. The van der Waals surface area contributed by atoms with Crippen molar-refractivity contribution in [2.24, 2.45) is 0 Å². The van der Waals surface area contributed by atoms with Crippen LogP contribution in [-0.4, -0.2) is 31.3 Å². The molecule has 0 saturated heterocycles. The van der Waals surface area contributed by atoms with Crippen LogP contribution in [0.15, 0.2) is 12.3 Å². The Morgan fingerprint density at radius 3 is 1.87 bits per heavy atom. The van der Waals surface area contributed by atoms with Crippen molar-refractivity contribution in [1.82, 2.24) is 0 Å². The van der Waals surface area contributed by atoms with Crippen LogP contribution in [0.5, 0.6) is 0 Å². The molecule has 0 spiro atoms. The van der Waals surface area contributed by atoms with Gasteiger partial charge in [-0.25, -0.2) is 0 Å². The van der Waals surface area contributed by atoms with Gasteiger partial charge in [0, 0.05) is 0 Å². The molecule has 0 rings (SSSR count). The molecule has 0 atom stereocenters. The van der Waals surface area contributed by atoms with Crippen LogP contribution in [0.3, 0.4) is 0 Å². The molecule has 0 aromatic carbocycles. The van der Waals surface area contributed by atoms with E-state index in [4.69, 9.17) is 4.74 Å². The molecule has 0 N–H and O–H groups in total. The Bertz CT molecular complexity index is 268. The van der Waals surface area contributed by atoms with Crippen LogP contribution < -0.4 is 0 Å². The summed E-state index contributed by atoms with van der Waals surface area (Å²) in [5.74, 6) is 0. The molecule has 0 aliphatic rings. The van der Waals surface area contributed by atoms with E-state index in [1.54, 1.807) is 13.3 Å². The molecule has 0 aromatic heterocycles. The number of carbonyl (C=O) groups is 1. The standard InChI is InChI=1S/C8H13O2.3C4H9.Sn/c1-2-7-10-8-5-3-4-6-9;3*1-3-4-2;/h2,6-7H,1,3-5,8H2;3*1,3-4H2,2H3;/b7-2-;;;;. The number of ether oxygens (including phenoxy) is 1. The van der Waals surface area contributed by atoms with Crippen molar-refractivity contribution in [3.63, 3.8) is 0 Å². The van der Waals surface area contributed by atoms with Crippen LogP contribution in [0.25, 0.3) is 0 Å². The van der Waals surface area contributed by atoms with Crippen molar-refractivity contribution in [1.29, 1.82) is 0 Å². The van der Waals surface area contributed by atoms with Gasteiger partial charge in [-0.2, -0.15) is 0 Å². The van der Waals surface area contributed by atoms with Gasteiger partial charge in [0.1, 0.15) is 0 Å². The molecule has 0 aromatic rings. The predicted molar refractivity (Wildman–Crippen MR) is 105 cm³/mol. The second kappa shape index (κ2) is 16.9. The fourth-order valence-corrected chi connectivity index (χ4v) is 18.2. The zero-order chi connectivity index (χ0) is 17.2. The topological polar surface area (TPSA) is 26.3 Å². The van der Waals surface area contributed by atoms with E-state index in [1.807, 2.05) is 6.26 Å². The summed E-state index contributed by atoms with van der Waals surface area (Å²) in [6.45, 7) is 7.74. The van der Waals surface area contributed by atoms with E-state index in [-0.39, 0.29) is 0 Å². The van der Waals surface area contributed by atoms with Crippen LogP contribution in [0.4, 0.5) is 0 Å². The van der Waals surface area contributed by atoms with Crippen molar-refractivity contribution >= 4 is 24.7 Å². The van der Waals surface area contributed by atoms with Crippen LogP contribution >= 0.6 is 0 Å². The summed E-state index contributed by atoms with van der Waals surface area (Å²) in [7, 11) is 0. The minimum atomic E-state index is -1.99. The van der Waals surface area contributed by atoms with Gasteiger partial charge in [0.2, 0.25) is 0 Å². The van der Waals surface area contributed by atoms with Gasteiger partial charge in [0.15, 0.2) is 0 Å².